The van der Waals surface area contributed by atoms with Gasteiger partial charge in [0.05, 0.1) is 5.75 Å². The first-order valence-corrected chi connectivity index (χ1v) is 10.7. The van der Waals surface area contributed by atoms with Crippen molar-refractivity contribution in [2.45, 2.75) is 24.9 Å². The molecule has 10 heteroatoms. The third-order valence-electron chi connectivity index (χ3n) is 4.53. The molecule has 1 amide bonds. The molecule has 3 rings (SSSR count). The number of ether oxygens (including phenoxy) is 1. The van der Waals surface area contributed by atoms with Crippen LogP contribution in [0.2, 0.25) is 5.02 Å². The van der Waals surface area contributed by atoms with Crippen LogP contribution in [-0.2, 0) is 27.6 Å². The molecule has 0 radical (unpaired) electrons. The molecule has 1 aliphatic rings. The van der Waals surface area contributed by atoms with Crippen LogP contribution in [0.4, 0.5) is 13.2 Å². The normalized spacial score (nSPS) is 14.4. The summed E-state index contributed by atoms with van der Waals surface area (Å²) in [6, 6.07) is 12.2. The summed E-state index contributed by atoms with van der Waals surface area (Å²) in [6.45, 7) is 0.493. The molecule has 0 saturated carbocycles. The molecule has 1 heterocycles. The number of amides is 1. The van der Waals surface area contributed by atoms with Gasteiger partial charge in [0.1, 0.15) is 11.5 Å². The van der Waals surface area contributed by atoms with Crippen LogP contribution in [0.25, 0.3) is 0 Å². The van der Waals surface area contributed by atoms with Gasteiger partial charge in [-0.05, 0) is 53.9 Å². The molecule has 5 nitrogen and oxygen atoms in total. The third-order valence-corrected chi connectivity index (χ3v) is 6.23. The Kier molecular flexibility index (Phi) is 6.09. The van der Waals surface area contributed by atoms with Gasteiger partial charge in [0.15, 0.2) is 0 Å². The maximum absolute atomic E-state index is 12.4. The number of halogens is 4. The summed E-state index contributed by atoms with van der Waals surface area (Å²) in [5.41, 5.74) is -3.55. The number of hydrogen-bond acceptors (Lipinski definition) is 4. The summed E-state index contributed by atoms with van der Waals surface area (Å²) in [4.78, 5) is 13.6. The van der Waals surface area contributed by atoms with Gasteiger partial charge in [-0.25, -0.2) is 8.42 Å². The molecular formula is C19H17ClF3NO4S. The van der Waals surface area contributed by atoms with Crippen LogP contribution in [0.1, 0.15) is 17.5 Å². The standard InChI is InChI=1S/C19H17ClF3NO4S/c20-15-2-5-16(6-3-15)28-17-4-1-13-7-9-24(12-14(13)11-17)18(25)8-10-29(26,27)19(21,22)23/h1-6,11H,7-10,12H2. The minimum Gasteiger partial charge on any atom is -0.457 e. The molecule has 0 saturated heterocycles. The second kappa shape index (κ2) is 8.23. The third kappa shape index (κ3) is 5.22. The van der Waals surface area contributed by atoms with Crippen molar-refractivity contribution in [1.29, 1.82) is 0 Å². The molecule has 0 N–H and O–H groups in total. The predicted octanol–water partition coefficient (Wildman–Crippen LogP) is 4.34. The van der Waals surface area contributed by atoms with Crippen LogP contribution in [0, 0.1) is 0 Å². The Morgan fingerprint density at radius 2 is 1.72 bits per heavy atom. The lowest BCUT2D eigenvalue weighted by Crippen LogP contribution is -2.37. The van der Waals surface area contributed by atoms with Crippen molar-refractivity contribution in [1.82, 2.24) is 4.90 Å². The van der Waals surface area contributed by atoms with Crippen LogP contribution in [0.5, 0.6) is 11.5 Å². The zero-order valence-electron chi connectivity index (χ0n) is 15.1. The maximum atomic E-state index is 12.4. The number of alkyl halides is 3. The van der Waals surface area contributed by atoms with Crippen molar-refractivity contribution in [3.05, 3.63) is 58.6 Å². The first-order valence-electron chi connectivity index (χ1n) is 8.67. The Balaban J connectivity index is 1.66. The molecule has 29 heavy (non-hydrogen) atoms. The highest BCUT2D eigenvalue weighted by Gasteiger charge is 2.45. The number of rotatable bonds is 5. The van der Waals surface area contributed by atoms with Crippen molar-refractivity contribution in [2.24, 2.45) is 0 Å². The fraction of sp³-hybridized carbons (Fsp3) is 0.316. The van der Waals surface area contributed by atoms with Gasteiger partial charge in [-0.15, -0.1) is 0 Å². The quantitative estimate of drug-likeness (QED) is 0.684. The number of nitrogens with zero attached hydrogens (tertiary/aromatic N) is 1. The van der Waals surface area contributed by atoms with Crippen molar-refractivity contribution in [3.63, 3.8) is 0 Å². The van der Waals surface area contributed by atoms with Crippen LogP contribution in [-0.4, -0.2) is 37.0 Å². The number of benzene rings is 2. The first kappa shape index (κ1) is 21.4. The molecular weight excluding hydrogens is 431 g/mol. The fourth-order valence-electron chi connectivity index (χ4n) is 2.94. The van der Waals surface area contributed by atoms with Crippen LogP contribution in [0.3, 0.4) is 0 Å². The Morgan fingerprint density at radius 3 is 2.38 bits per heavy atom. The SMILES string of the molecule is O=C(CCS(=O)(=O)C(F)(F)F)N1CCc2ccc(Oc3ccc(Cl)cc3)cc2C1. The van der Waals surface area contributed by atoms with E-state index in [1.54, 1.807) is 36.4 Å². The van der Waals surface area contributed by atoms with E-state index >= 15 is 0 Å². The molecule has 2 aromatic carbocycles. The minimum atomic E-state index is -5.35. The van der Waals surface area contributed by atoms with Gasteiger partial charge >= 0.3 is 5.51 Å². The topological polar surface area (TPSA) is 63.7 Å². The van der Waals surface area contributed by atoms with Crippen molar-refractivity contribution in [2.75, 3.05) is 12.3 Å². The van der Waals surface area contributed by atoms with Gasteiger partial charge in [-0.1, -0.05) is 17.7 Å². The van der Waals surface area contributed by atoms with E-state index < -0.39 is 33.4 Å². The molecule has 156 valence electrons. The second-order valence-corrected chi connectivity index (χ2v) is 9.10. The lowest BCUT2D eigenvalue weighted by molar-refractivity contribution is -0.131. The van der Waals surface area contributed by atoms with Crippen molar-refractivity contribution < 1.29 is 31.1 Å². The van der Waals surface area contributed by atoms with Gasteiger partial charge in [0, 0.05) is 24.5 Å². The molecule has 0 atom stereocenters. The first-order chi connectivity index (χ1) is 13.5. The van der Waals surface area contributed by atoms with E-state index in [1.165, 1.54) is 4.90 Å². The van der Waals surface area contributed by atoms with Gasteiger partial charge in [-0.3, -0.25) is 4.79 Å². The van der Waals surface area contributed by atoms with Crippen molar-refractivity contribution >= 4 is 27.3 Å². The highest BCUT2D eigenvalue weighted by Crippen LogP contribution is 2.29. The lowest BCUT2D eigenvalue weighted by atomic mass is 9.99. The number of hydrogen-bond donors (Lipinski definition) is 0. The summed E-state index contributed by atoms with van der Waals surface area (Å²) in [7, 11) is -5.31. The summed E-state index contributed by atoms with van der Waals surface area (Å²) in [6.07, 6.45) is -0.188. The average Bonchev–Trinajstić information content (AvgIpc) is 2.66. The van der Waals surface area contributed by atoms with E-state index in [4.69, 9.17) is 16.3 Å². The van der Waals surface area contributed by atoms with Gasteiger partial charge < -0.3 is 9.64 Å². The molecule has 0 bridgehead atoms. The molecule has 1 aliphatic heterocycles. The van der Waals surface area contributed by atoms with E-state index in [0.717, 1.165) is 11.1 Å². The molecule has 0 aromatic heterocycles. The van der Waals surface area contributed by atoms with E-state index in [-0.39, 0.29) is 6.54 Å². The fourth-order valence-corrected chi connectivity index (χ4v) is 3.74. The Labute approximate surface area is 170 Å². The van der Waals surface area contributed by atoms with Gasteiger partial charge in [0.25, 0.3) is 0 Å². The number of carbonyl (C=O) groups excluding carboxylic acids is 1. The minimum absolute atomic E-state index is 0.179. The molecule has 0 spiro atoms. The van der Waals surface area contributed by atoms with Crippen LogP contribution in [0.15, 0.2) is 42.5 Å². The van der Waals surface area contributed by atoms with Gasteiger partial charge in [-0.2, -0.15) is 13.2 Å². The predicted molar refractivity (Wildman–Crippen MR) is 102 cm³/mol. The van der Waals surface area contributed by atoms with E-state index in [1.807, 2.05) is 6.07 Å². The summed E-state index contributed by atoms with van der Waals surface area (Å²) >= 11 is 5.84. The van der Waals surface area contributed by atoms with E-state index in [2.05, 4.69) is 0 Å². The summed E-state index contributed by atoms with van der Waals surface area (Å²) < 4.78 is 65.4. The Bertz CT molecular complexity index is 1010. The average molecular weight is 448 g/mol. The lowest BCUT2D eigenvalue weighted by Gasteiger charge is -2.29. The van der Waals surface area contributed by atoms with E-state index in [0.29, 0.717) is 29.5 Å². The summed E-state index contributed by atoms with van der Waals surface area (Å²) in [5, 5.41) is 0.574. The van der Waals surface area contributed by atoms with Crippen LogP contribution < -0.4 is 4.74 Å². The van der Waals surface area contributed by atoms with Gasteiger partial charge in [0.2, 0.25) is 15.7 Å². The van der Waals surface area contributed by atoms with Crippen molar-refractivity contribution in [3.8, 4) is 11.5 Å². The zero-order chi connectivity index (χ0) is 21.2. The molecule has 0 fully saturated rings. The Morgan fingerprint density at radius 1 is 1.07 bits per heavy atom. The highest BCUT2D eigenvalue weighted by molar-refractivity contribution is 7.92. The summed E-state index contributed by atoms with van der Waals surface area (Å²) in [5.74, 6) is -0.763. The zero-order valence-corrected chi connectivity index (χ0v) is 16.6. The second-order valence-electron chi connectivity index (χ2n) is 6.57. The van der Waals surface area contributed by atoms with Crippen LogP contribution >= 0.6 is 11.6 Å². The number of carbonyl (C=O) groups is 1. The number of fused-ring (bicyclic) bond motifs is 1. The number of sulfone groups is 1. The molecule has 0 unspecified atom stereocenters. The largest absolute Gasteiger partial charge is 0.497 e. The maximum Gasteiger partial charge on any atom is 0.497 e. The Hall–Kier alpha value is -2.26. The highest BCUT2D eigenvalue weighted by atomic mass is 35.5. The smallest absolute Gasteiger partial charge is 0.457 e. The molecule has 0 aliphatic carbocycles. The monoisotopic (exact) mass is 447 g/mol. The van der Waals surface area contributed by atoms with E-state index in [9.17, 15) is 26.4 Å². The molecule has 2 aromatic rings.